The maximum Gasteiger partial charge on any atom is 0.155 e. The predicted octanol–water partition coefficient (Wildman–Crippen LogP) is 3.80. The summed E-state index contributed by atoms with van der Waals surface area (Å²) < 4.78 is 0. The number of allylic oxidation sites excluding steroid dienone is 1. The van der Waals surface area contributed by atoms with Crippen molar-refractivity contribution in [3.63, 3.8) is 0 Å². The zero-order valence-electron chi connectivity index (χ0n) is 15.9. The Bertz CT molecular complexity index is 688. The summed E-state index contributed by atoms with van der Waals surface area (Å²) in [5, 5.41) is 21.2. The summed E-state index contributed by atoms with van der Waals surface area (Å²) in [7, 11) is 0. The van der Waals surface area contributed by atoms with Gasteiger partial charge in [-0.3, -0.25) is 4.79 Å². The normalized spacial score (nSPS) is 48.9. The highest BCUT2D eigenvalue weighted by Gasteiger charge is 2.74. The predicted molar refractivity (Wildman–Crippen MR) is 100 cm³/mol. The van der Waals surface area contributed by atoms with Gasteiger partial charge < -0.3 is 10.2 Å². The fraction of sp³-hybridized carbons (Fsp3) is 0.783. The largest absolute Gasteiger partial charge is 0.392 e. The van der Waals surface area contributed by atoms with Crippen molar-refractivity contribution in [2.75, 3.05) is 6.61 Å². The second-order valence-corrected chi connectivity index (χ2v) is 10.1. The van der Waals surface area contributed by atoms with Gasteiger partial charge in [-0.2, -0.15) is 0 Å². The molecule has 3 nitrogen and oxygen atoms in total. The summed E-state index contributed by atoms with van der Waals surface area (Å²) in [5.41, 5.74) is 0.672. The molecule has 142 valence electrons. The van der Waals surface area contributed by atoms with Crippen LogP contribution >= 0.6 is 0 Å². The molecule has 4 unspecified atom stereocenters. The van der Waals surface area contributed by atoms with Crippen LogP contribution in [0.4, 0.5) is 0 Å². The third kappa shape index (κ3) is 2.05. The lowest BCUT2D eigenvalue weighted by atomic mass is 9.50. The topological polar surface area (TPSA) is 57.5 Å². The van der Waals surface area contributed by atoms with Crippen LogP contribution in [-0.4, -0.2) is 28.2 Å². The van der Waals surface area contributed by atoms with E-state index in [1.54, 1.807) is 6.08 Å². The van der Waals surface area contributed by atoms with Crippen molar-refractivity contribution in [2.45, 2.75) is 70.3 Å². The molecular formula is C23H32O3. The third-order valence-corrected chi connectivity index (χ3v) is 9.30. The molecule has 5 aliphatic rings. The number of carbonyl (C=O) groups is 1. The van der Waals surface area contributed by atoms with Crippen molar-refractivity contribution in [3.05, 3.63) is 23.8 Å². The molecule has 0 heterocycles. The monoisotopic (exact) mass is 356 g/mol. The molecule has 26 heavy (non-hydrogen) atoms. The molecule has 0 aromatic carbocycles. The van der Waals surface area contributed by atoms with Gasteiger partial charge >= 0.3 is 0 Å². The molecule has 0 aliphatic heterocycles. The van der Waals surface area contributed by atoms with Crippen LogP contribution in [0.25, 0.3) is 0 Å². The molecule has 0 bridgehead atoms. The second-order valence-electron chi connectivity index (χ2n) is 10.1. The van der Waals surface area contributed by atoms with E-state index in [-0.39, 0.29) is 17.4 Å². The van der Waals surface area contributed by atoms with Crippen LogP contribution in [0.15, 0.2) is 23.8 Å². The lowest BCUT2D eigenvalue weighted by Gasteiger charge is -2.55. The minimum Gasteiger partial charge on any atom is -0.392 e. The van der Waals surface area contributed by atoms with Crippen molar-refractivity contribution in [3.8, 4) is 0 Å². The van der Waals surface area contributed by atoms with E-state index >= 15 is 0 Å². The van der Waals surface area contributed by atoms with Crippen molar-refractivity contribution in [1.29, 1.82) is 0 Å². The molecule has 0 aromatic heterocycles. The molecule has 6 atom stereocenters. The number of fused-ring (bicyclic) bond motifs is 5. The van der Waals surface area contributed by atoms with Gasteiger partial charge in [0, 0.05) is 17.3 Å². The Balaban J connectivity index is 1.50. The number of carbonyl (C=O) groups excluding carboxylic acids is 1. The van der Waals surface area contributed by atoms with E-state index in [9.17, 15) is 15.0 Å². The van der Waals surface area contributed by atoms with Gasteiger partial charge in [0.25, 0.3) is 0 Å². The van der Waals surface area contributed by atoms with Gasteiger partial charge in [0.1, 0.15) is 0 Å². The summed E-state index contributed by atoms with van der Waals surface area (Å²) in [4.78, 5) is 11.9. The first-order chi connectivity index (χ1) is 12.4. The van der Waals surface area contributed by atoms with Crippen molar-refractivity contribution in [1.82, 2.24) is 0 Å². The second kappa shape index (κ2) is 5.54. The number of hydrogen-bond acceptors (Lipinski definition) is 3. The third-order valence-electron chi connectivity index (χ3n) is 9.30. The van der Waals surface area contributed by atoms with Crippen LogP contribution in [0, 0.1) is 34.5 Å². The number of hydrogen-bond donors (Lipinski definition) is 2. The van der Waals surface area contributed by atoms with E-state index in [2.05, 4.69) is 6.92 Å². The smallest absolute Gasteiger partial charge is 0.155 e. The molecule has 4 saturated carbocycles. The van der Waals surface area contributed by atoms with Crippen LogP contribution in [0.3, 0.4) is 0 Å². The SMILES string of the molecule is C[C@]12CCC3C4CCC(=O)C=C4CCC3C1CC1(CC1)[C@@]2(O)/C=C\CO. The molecule has 5 aliphatic carbocycles. The van der Waals surface area contributed by atoms with Crippen molar-refractivity contribution < 1.29 is 15.0 Å². The summed E-state index contributed by atoms with van der Waals surface area (Å²) >= 11 is 0. The number of rotatable bonds is 2. The highest BCUT2D eigenvalue weighted by atomic mass is 16.3. The highest BCUT2D eigenvalue weighted by molar-refractivity contribution is 5.91. The van der Waals surface area contributed by atoms with Gasteiger partial charge in [0.05, 0.1) is 12.2 Å². The first-order valence-corrected chi connectivity index (χ1v) is 10.7. The molecule has 5 rings (SSSR count). The van der Waals surface area contributed by atoms with Crippen LogP contribution < -0.4 is 0 Å². The van der Waals surface area contributed by atoms with Crippen molar-refractivity contribution >= 4 is 5.78 Å². The van der Waals surface area contributed by atoms with Crippen LogP contribution in [-0.2, 0) is 4.79 Å². The maximum absolute atomic E-state index is 11.9. The summed E-state index contributed by atoms with van der Waals surface area (Å²) in [6, 6.07) is 0. The van der Waals surface area contributed by atoms with Gasteiger partial charge in [-0.05, 0) is 81.1 Å². The molecule has 4 fully saturated rings. The molecule has 0 radical (unpaired) electrons. The zero-order chi connectivity index (χ0) is 18.2. The standard InChI is InChI=1S/C23H32O3/c1-21-9-7-18-17-6-4-16(25)13-15(17)3-5-19(18)20(21)14-22(10-11-22)23(21,26)8-2-12-24/h2,8,13,17-20,24,26H,3-7,9-12,14H2,1H3/b8-2-/t17?,18?,19?,20?,21-,23+/m0/s1. The lowest BCUT2D eigenvalue weighted by molar-refractivity contribution is -0.117. The van der Waals surface area contributed by atoms with Gasteiger partial charge in [0.2, 0.25) is 0 Å². The van der Waals surface area contributed by atoms with E-state index in [1.165, 1.54) is 18.4 Å². The van der Waals surface area contributed by atoms with E-state index in [1.807, 2.05) is 12.2 Å². The highest BCUT2D eigenvalue weighted by Crippen LogP contribution is 2.76. The number of aliphatic hydroxyl groups is 2. The quantitative estimate of drug-likeness (QED) is 0.740. The first kappa shape index (κ1) is 17.2. The minimum absolute atomic E-state index is 0.00937. The van der Waals surface area contributed by atoms with Crippen LogP contribution in [0.5, 0.6) is 0 Å². The number of ketones is 1. The van der Waals surface area contributed by atoms with E-state index in [0.29, 0.717) is 29.5 Å². The summed E-state index contributed by atoms with van der Waals surface area (Å²) in [6.45, 7) is 2.34. The van der Waals surface area contributed by atoms with Crippen molar-refractivity contribution in [2.24, 2.45) is 34.5 Å². The fourth-order valence-corrected chi connectivity index (χ4v) is 7.86. The average Bonchev–Trinajstić information content (AvgIpc) is 3.39. The van der Waals surface area contributed by atoms with Gasteiger partial charge in [-0.25, -0.2) is 0 Å². The van der Waals surface area contributed by atoms with Gasteiger partial charge in [-0.15, -0.1) is 0 Å². The zero-order valence-corrected chi connectivity index (χ0v) is 15.9. The maximum atomic E-state index is 11.9. The molecule has 1 spiro atoms. The average molecular weight is 357 g/mol. The Morgan fingerprint density at radius 3 is 2.69 bits per heavy atom. The van der Waals surface area contributed by atoms with E-state index in [0.717, 1.165) is 44.9 Å². The lowest BCUT2D eigenvalue weighted by Crippen LogP contribution is -2.53. The van der Waals surface area contributed by atoms with Crippen LogP contribution in [0.2, 0.25) is 0 Å². The summed E-state index contributed by atoms with van der Waals surface area (Å²) in [6.07, 6.45) is 15.4. The minimum atomic E-state index is -0.753. The van der Waals surface area contributed by atoms with Crippen LogP contribution in [0.1, 0.15) is 64.7 Å². The van der Waals surface area contributed by atoms with E-state index in [4.69, 9.17) is 0 Å². The van der Waals surface area contributed by atoms with Gasteiger partial charge in [-0.1, -0.05) is 24.6 Å². The van der Waals surface area contributed by atoms with E-state index < -0.39 is 5.60 Å². The Morgan fingerprint density at radius 2 is 1.96 bits per heavy atom. The number of aliphatic hydroxyl groups excluding tert-OH is 1. The molecular weight excluding hydrogens is 324 g/mol. The van der Waals surface area contributed by atoms with Gasteiger partial charge in [0.15, 0.2) is 5.78 Å². The molecule has 0 saturated heterocycles. The molecule has 2 N–H and O–H groups in total. The summed E-state index contributed by atoms with van der Waals surface area (Å²) in [5.74, 6) is 2.93. The molecule has 0 aromatic rings. The Labute approximate surface area is 156 Å². The first-order valence-electron chi connectivity index (χ1n) is 10.7. The Morgan fingerprint density at radius 1 is 1.15 bits per heavy atom. The Hall–Kier alpha value is -0.930. The fourth-order valence-electron chi connectivity index (χ4n) is 7.86. The molecule has 0 amide bonds. The molecule has 3 heteroatoms. The Kier molecular flexibility index (Phi) is 3.66.